The molecule has 0 saturated carbocycles. The zero-order valence-corrected chi connectivity index (χ0v) is 13.3. The molecule has 0 aliphatic carbocycles. The van der Waals surface area contributed by atoms with E-state index >= 15 is 0 Å². The van der Waals surface area contributed by atoms with Gasteiger partial charge in [-0.2, -0.15) is 5.10 Å². The second-order valence-corrected chi connectivity index (χ2v) is 5.80. The number of amides is 1. The number of hydrogen-bond donors (Lipinski definition) is 0. The van der Waals surface area contributed by atoms with Crippen molar-refractivity contribution in [1.29, 1.82) is 0 Å². The molecule has 0 spiro atoms. The fourth-order valence-electron chi connectivity index (χ4n) is 2.75. The Morgan fingerprint density at radius 2 is 1.88 bits per heavy atom. The number of benzene rings is 1. The number of halogens is 1. The van der Waals surface area contributed by atoms with Crippen LogP contribution in [0.2, 0.25) is 5.02 Å². The molecule has 0 saturated heterocycles. The summed E-state index contributed by atoms with van der Waals surface area (Å²) >= 11 is 6.17. The van der Waals surface area contributed by atoms with E-state index in [1.54, 1.807) is 48.9 Å². The van der Waals surface area contributed by atoms with E-state index in [1.165, 1.54) is 5.01 Å². The van der Waals surface area contributed by atoms with Crippen molar-refractivity contribution in [3.8, 4) is 0 Å². The van der Waals surface area contributed by atoms with Crippen molar-refractivity contribution >= 4 is 23.2 Å². The summed E-state index contributed by atoms with van der Waals surface area (Å²) in [6, 6.07) is 13.8. The monoisotopic (exact) mass is 340 g/mol. The van der Waals surface area contributed by atoms with Crippen molar-refractivity contribution in [3.63, 3.8) is 0 Å². The van der Waals surface area contributed by atoms with Gasteiger partial charge in [-0.3, -0.25) is 4.79 Å². The first-order valence-corrected chi connectivity index (χ1v) is 7.84. The Morgan fingerprint density at radius 3 is 2.58 bits per heavy atom. The van der Waals surface area contributed by atoms with E-state index in [-0.39, 0.29) is 11.9 Å². The zero-order valence-electron chi connectivity index (χ0n) is 12.6. The average Bonchev–Trinajstić information content (AvgIpc) is 3.33. The lowest BCUT2D eigenvalue weighted by atomic mass is 10.1. The second-order valence-electron chi connectivity index (χ2n) is 5.39. The first-order chi connectivity index (χ1) is 11.7. The Kier molecular flexibility index (Phi) is 3.70. The summed E-state index contributed by atoms with van der Waals surface area (Å²) in [4.78, 5) is 13.0. The van der Waals surface area contributed by atoms with E-state index in [1.807, 2.05) is 12.1 Å². The summed E-state index contributed by atoms with van der Waals surface area (Å²) in [5.41, 5.74) is 1.10. The van der Waals surface area contributed by atoms with E-state index < -0.39 is 0 Å². The van der Waals surface area contributed by atoms with Gasteiger partial charge in [0.1, 0.15) is 23.3 Å². The maximum absolute atomic E-state index is 13.0. The van der Waals surface area contributed by atoms with Gasteiger partial charge in [0.2, 0.25) is 0 Å². The number of rotatable bonds is 3. The van der Waals surface area contributed by atoms with Gasteiger partial charge < -0.3 is 8.83 Å². The van der Waals surface area contributed by atoms with Crippen LogP contribution in [0, 0.1) is 0 Å². The molecule has 3 heterocycles. The molecule has 1 aliphatic heterocycles. The van der Waals surface area contributed by atoms with Gasteiger partial charge in [-0.25, -0.2) is 5.01 Å². The van der Waals surface area contributed by atoms with Crippen molar-refractivity contribution in [2.45, 2.75) is 12.5 Å². The summed E-state index contributed by atoms with van der Waals surface area (Å²) in [5, 5.41) is 6.28. The molecule has 0 fully saturated rings. The highest BCUT2D eigenvalue weighted by molar-refractivity contribution is 6.33. The second kappa shape index (κ2) is 6.02. The number of hydrazone groups is 1. The molecule has 6 heteroatoms. The summed E-state index contributed by atoms with van der Waals surface area (Å²) in [6.07, 6.45) is 3.67. The van der Waals surface area contributed by atoms with Crippen LogP contribution in [0.1, 0.15) is 34.3 Å². The van der Waals surface area contributed by atoms with E-state index in [4.69, 9.17) is 20.4 Å². The first kappa shape index (κ1) is 14.8. The molecule has 1 atom stereocenters. The van der Waals surface area contributed by atoms with Gasteiger partial charge in [0.05, 0.1) is 23.1 Å². The molecule has 0 bridgehead atoms. The Morgan fingerprint density at radius 1 is 1.08 bits per heavy atom. The molecule has 1 unspecified atom stereocenters. The summed E-state index contributed by atoms with van der Waals surface area (Å²) in [7, 11) is 0. The molecular formula is C18H13ClN2O3. The first-order valence-electron chi connectivity index (χ1n) is 7.47. The Labute approximate surface area is 143 Å². The highest BCUT2D eigenvalue weighted by Crippen LogP contribution is 2.35. The highest BCUT2D eigenvalue weighted by atomic mass is 35.5. The quantitative estimate of drug-likeness (QED) is 0.704. The highest BCUT2D eigenvalue weighted by Gasteiger charge is 2.36. The number of furan rings is 2. The number of carbonyl (C=O) groups excluding carboxylic acids is 1. The Balaban J connectivity index is 1.74. The summed E-state index contributed by atoms with van der Waals surface area (Å²) in [5.74, 6) is 1.03. The van der Waals surface area contributed by atoms with Crippen LogP contribution in [0.5, 0.6) is 0 Å². The largest absolute Gasteiger partial charge is 0.467 e. The lowest BCUT2D eigenvalue weighted by Gasteiger charge is -2.20. The van der Waals surface area contributed by atoms with Gasteiger partial charge in [0.15, 0.2) is 0 Å². The van der Waals surface area contributed by atoms with Gasteiger partial charge in [0, 0.05) is 6.42 Å². The predicted octanol–water partition coefficient (Wildman–Crippen LogP) is 4.52. The van der Waals surface area contributed by atoms with Crippen LogP contribution in [0.4, 0.5) is 0 Å². The molecule has 0 radical (unpaired) electrons. The normalized spacial score (nSPS) is 17.1. The minimum atomic E-state index is -0.330. The summed E-state index contributed by atoms with van der Waals surface area (Å²) in [6.45, 7) is 0. The molecule has 120 valence electrons. The SMILES string of the molecule is O=C(c1ccccc1Cl)N1N=C(c2ccco2)CC1c1ccco1. The summed E-state index contributed by atoms with van der Waals surface area (Å²) < 4.78 is 10.9. The fourth-order valence-corrected chi connectivity index (χ4v) is 2.97. The van der Waals surface area contributed by atoms with E-state index in [9.17, 15) is 4.79 Å². The van der Waals surface area contributed by atoms with Crippen LogP contribution in [-0.4, -0.2) is 16.6 Å². The molecule has 4 rings (SSSR count). The topological polar surface area (TPSA) is 59.0 Å². The van der Waals surface area contributed by atoms with Crippen LogP contribution in [0.25, 0.3) is 0 Å². The molecule has 3 aromatic rings. The Bertz CT molecular complexity index is 885. The van der Waals surface area contributed by atoms with Crippen molar-refractivity contribution in [3.05, 3.63) is 83.2 Å². The molecule has 1 aromatic carbocycles. The van der Waals surface area contributed by atoms with Crippen molar-refractivity contribution in [1.82, 2.24) is 5.01 Å². The van der Waals surface area contributed by atoms with E-state index in [2.05, 4.69) is 5.10 Å². The van der Waals surface area contributed by atoms with Crippen LogP contribution < -0.4 is 0 Å². The minimum absolute atomic E-state index is 0.274. The minimum Gasteiger partial charge on any atom is -0.467 e. The van der Waals surface area contributed by atoms with Crippen molar-refractivity contribution in [2.24, 2.45) is 5.10 Å². The van der Waals surface area contributed by atoms with Gasteiger partial charge in [0.25, 0.3) is 5.91 Å². The van der Waals surface area contributed by atoms with Crippen LogP contribution in [0.3, 0.4) is 0 Å². The number of hydrogen-bond acceptors (Lipinski definition) is 4. The average molecular weight is 341 g/mol. The van der Waals surface area contributed by atoms with Gasteiger partial charge in [-0.15, -0.1) is 0 Å². The third kappa shape index (κ3) is 2.53. The smallest absolute Gasteiger partial charge is 0.276 e. The zero-order chi connectivity index (χ0) is 16.5. The Hall–Kier alpha value is -2.79. The fraction of sp³-hybridized carbons (Fsp3) is 0.111. The standard InChI is InChI=1S/C18H13ClN2O3/c19-13-6-2-1-5-12(13)18(22)21-15(17-8-4-10-24-17)11-14(20-21)16-7-3-9-23-16/h1-10,15H,11H2. The van der Waals surface area contributed by atoms with Gasteiger partial charge in [-0.05, 0) is 36.4 Å². The molecule has 2 aromatic heterocycles. The number of nitrogens with zero attached hydrogens (tertiary/aromatic N) is 2. The molecular weight excluding hydrogens is 328 g/mol. The van der Waals surface area contributed by atoms with Crippen molar-refractivity contribution < 1.29 is 13.6 Å². The lowest BCUT2D eigenvalue weighted by Crippen LogP contribution is -2.27. The van der Waals surface area contributed by atoms with Gasteiger partial charge >= 0.3 is 0 Å². The maximum atomic E-state index is 13.0. The van der Waals surface area contributed by atoms with Crippen LogP contribution in [-0.2, 0) is 0 Å². The lowest BCUT2D eigenvalue weighted by molar-refractivity contribution is 0.0693. The maximum Gasteiger partial charge on any atom is 0.276 e. The predicted molar refractivity (Wildman–Crippen MR) is 88.9 cm³/mol. The molecule has 1 aliphatic rings. The van der Waals surface area contributed by atoms with Crippen LogP contribution in [0.15, 0.2) is 75.0 Å². The number of carbonyl (C=O) groups is 1. The van der Waals surface area contributed by atoms with Gasteiger partial charge in [-0.1, -0.05) is 23.7 Å². The van der Waals surface area contributed by atoms with E-state index in [0.29, 0.717) is 34.2 Å². The van der Waals surface area contributed by atoms with Crippen LogP contribution >= 0.6 is 11.6 Å². The third-order valence-electron chi connectivity index (χ3n) is 3.90. The third-order valence-corrected chi connectivity index (χ3v) is 4.23. The molecule has 5 nitrogen and oxygen atoms in total. The van der Waals surface area contributed by atoms with Crippen molar-refractivity contribution in [2.75, 3.05) is 0 Å². The molecule has 0 N–H and O–H groups in total. The molecule has 1 amide bonds. The van der Waals surface area contributed by atoms with E-state index in [0.717, 1.165) is 0 Å². The molecule has 24 heavy (non-hydrogen) atoms.